The van der Waals surface area contributed by atoms with Crippen LogP contribution in [0, 0.1) is 6.92 Å². The van der Waals surface area contributed by atoms with Crippen molar-refractivity contribution in [2.24, 2.45) is 0 Å². The van der Waals surface area contributed by atoms with Crippen LogP contribution in [0.3, 0.4) is 0 Å². The minimum atomic E-state index is 0.839. The van der Waals surface area contributed by atoms with Crippen molar-refractivity contribution in [1.29, 1.82) is 0 Å². The zero-order valence-electron chi connectivity index (χ0n) is 10.5. The molecule has 1 heterocycles. The quantitative estimate of drug-likeness (QED) is 0.922. The number of anilines is 1. The van der Waals surface area contributed by atoms with E-state index in [2.05, 4.69) is 30.8 Å². The predicted molar refractivity (Wildman–Crippen MR) is 76.1 cm³/mol. The molecule has 0 saturated heterocycles. The molecular formula is C13H16BrN3O. The Hall–Kier alpha value is -1.49. The van der Waals surface area contributed by atoms with E-state index in [-0.39, 0.29) is 0 Å². The molecular weight excluding hydrogens is 294 g/mol. The van der Waals surface area contributed by atoms with Gasteiger partial charge in [-0.15, -0.1) is 0 Å². The normalized spacial score (nSPS) is 10.4. The molecule has 1 aromatic carbocycles. The molecule has 0 aliphatic carbocycles. The Kier molecular flexibility index (Phi) is 4.25. The Labute approximate surface area is 115 Å². The summed E-state index contributed by atoms with van der Waals surface area (Å²) in [4.78, 5) is 4.19. The molecule has 5 heteroatoms. The first-order chi connectivity index (χ1) is 8.70. The van der Waals surface area contributed by atoms with Gasteiger partial charge in [0, 0.05) is 31.2 Å². The third-order valence-electron chi connectivity index (χ3n) is 2.76. The number of hydrogen-bond acceptors (Lipinski definition) is 3. The summed E-state index contributed by atoms with van der Waals surface area (Å²) in [5.41, 5.74) is 1.07. The van der Waals surface area contributed by atoms with Crippen molar-refractivity contribution in [3.8, 4) is 5.75 Å². The number of aryl methyl sites for hydroxylation is 1. The van der Waals surface area contributed by atoms with Gasteiger partial charge in [-0.2, -0.15) is 0 Å². The van der Waals surface area contributed by atoms with Crippen LogP contribution in [-0.2, 0) is 6.54 Å². The van der Waals surface area contributed by atoms with Gasteiger partial charge < -0.3 is 14.6 Å². The van der Waals surface area contributed by atoms with E-state index < -0.39 is 0 Å². The van der Waals surface area contributed by atoms with Gasteiger partial charge in [-0.05, 0) is 41.1 Å². The van der Waals surface area contributed by atoms with E-state index in [0.717, 1.165) is 34.8 Å². The topological polar surface area (TPSA) is 39.1 Å². The zero-order valence-corrected chi connectivity index (χ0v) is 12.1. The van der Waals surface area contributed by atoms with Crippen molar-refractivity contribution in [2.45, 2.75) is 13.5 Å². The fraction of sp³-hybridized carbons (Fsp3) is 0.308. The minimum Gasteiger partial charge on any atom is -0.496 e. The fourth-order valence-corrected chi connectivity index (χ4v) is 2.28. The van der Waals surface area contributed by atoms with E-state index in [1.807, 2.05) is 37.5 Å². The number of rotatable bonds is 5. The summed E-state index contributed by atoms with van der Waals surface area (Å²) in [5.74, 6) is 1.87. The summed E-state index contributed by atoms with van der Waals surface area (Å²) < 4.78 is 8.26. The van der Waals surface area contributed by atoms with Crippen LogP contribution < -0.4 is 10.1 Å². The van der Waals surface area contributed by atoms with Gasteiger partial charge in [-0.1, -0.05) is 0 Å². The summed E-state index contributed by atoms with van der Waals surface area (Å²) in [6.07, 6.45) is 3.81. The molecule has 0 amide bonds. The van der Waals surface area contributed by atoms with Crippen LogP contribution in [0.15, 0.2) is 35.1 Å². The van der Waals surface area contributed by atoms with Gasteiger partial charge in [0.15, 0.2) is 0 Å². The summed E-state index contributed by atoms with van der Waals surface area (Å²) in [6, 6.07) is 5.96. The van der Waals surface area contributed by atoms with E-state index in [1.54, 1.807) is 7.11 Å². The van der Waals surface area contributed by atoms with Gasteiger partial charge in [0.25, 0.3) is 0 Å². The number of nitrogens with one attached hydrogen (secondary N) is 1. The maximum atomic E-state index is 5.19. The largest absolute Gasteiger partial charge is 0.496 e. The first kappa shape index (κ1) is 13.0. The first-order valence-electron chi connectivity index (χ1n) is 5.76. The number of imidazole rings is 1. The lowest BCUT2D eigenvalue weighted by molar-refractivity contribution is 0.412. The molecule has 0 radical (unpaired) electrons. The van der Waals surface area contributed by atoms with Gasteiger partial charge >= 0.3 is 0 Å². The average Bonchev–Trinajstić information content (AvgIpc) is 2.75. The maximum Gasteiger partial charge on any atom is 0.133 e. The second-order valence-electron chi connectivity index (χ2n) is 3.94. The molecule has 0 saturated carbocycles. The Morgan fingerprint density at radius 2 is 2.28 bits per heavy atom. The Bertz CT molecular complexity index is 525. The maximum absolute atomic E-state index is 5.19. The number of methoxy groups -OCH3 is 1. The van der Waals surface area contributed by atoms with Crippen molar-refractivity contribution >= 4 is 21.6 Å². The van der Waals surface area contributed by atoms with Crippen molar-refractivity contribution in [3.05, 3.63) is 40.9 Å². The highest BCUT2D eigenvalue weighted by Crippen LogP contribution is 2.27. The molecule has 0 unspecified atom stereocenters. The van der Waals surface area contributed by atoms with Crippen LogP contribution in [0.1, 0.15) is 5.82 Å². The van der Waals surface area contributed by atoms with Crippen LogP contribution in [-0.4, -0.2) is 23.2 Å². The second-order valence-corrected chi connectivity index (χ2v) is 4.80. The predicted octanol–water partition coefficient (Wildman–Crippen LogP) is 3.07. The Morgan fingerprint density at radius 1 is 1.44 bits per heavy atom. The number of aromatic nitrogens is 2. The summed E-state index contributed by atoms with van der Waals surface area (Å²) in [6.45, 7) is 3.76. The molecule has 0 spiro atoms. The Morgan fingerprint density at radius 3 is 2.89 bits per heavy atom. The van der Waals surface area contributed by atoms with Gasteiger partial charge in [-0.25, -0.2) is 4.98 Å². The van der Waals surface area contributed by atoms with Gasteiger partial charge in [0.1, 0.15) is 11.6 Å². The molecule has 0 aliphatic rings. The van der Waals surface area contributed by atoms with E-state index in [9.17, 15) is 0 Å². The highest BCUT2D eigenvalue weighted by molar-refractivity contribution is 9.10. The smallest absolute Gasteiger partial charge is 0.133 e. The highest BCUT2D eigenvalue weighted by atomic mass is 79.9. The van der Waals surface area contributed by atoms with Crippen molar-refractivity contribution in [2.75, 3.05) is 19.0 Å². The summed E-state index contributed by atoms with van der Waals surface area (Å²) in [5, 5.41) is 3.37. The number of nitrogens with zero attached hydrogens (tertiary/aromatic N) is 2. The summed E-state index contributed by atoms with van der Waals surface area (Å²) >= 11 is 3.47. The number of benzene rings is 1. The first-order valence-corrected chi connectivity index (χ1v) is 6.55. The number of hydrogen-bond donors (Lipinski definition) is 1. The molecule has 0 aliphatic heterocycles. The molecule has 4 nitrogen and oxygen atoms in total. The third kappa shape index (κ3) is 3.04. The summed E-state index contributed by atoms with van der Waals surface area (Å²) in [7, 11) is 1.66. The van der Waals surface area contributed by atoms with Crippen LogP contribution in [0.4, 0.5) is 5.69 Å². The third-order valence-corrected chi connectivity index (χ3v) is 3.38. The minimum absolute atomic E-state index is 0.839. The van der Waals surface area contributed by atoms with Crippen LogP contribution in [0.5, 0.6) is 5.75 Å². The molecule has 96 valence electrons. The fourth-order valence-electron chi connectivity index (χ4n) is 1.74. The monoisotopic (exact) mass is 309 g/mol. The van der Waals surface area contributed by atoms with Crippen LogP contribution >= 0.6 is 15.9 Å². The van der Waals surface area contributed by atoms with Gasteiger partial charge in [0.2, 0.25) is 0 Å². The molecule has 18 heavy (non-hydrogen) atoms. The van der Waals surface area contributed by atoms with Crippen molar-refractivity contribution in [1.82, 2.24) is 9.55 Å². The SMILES string of the molecule is COc1ccc(NCCn2ccnc2C)cc1Br. The zero-order chi connectivity index (χ0) is 13.0. The van der Waals surface area contributed by atoms with E-state index in [4.69, 9.17) is 4.74 Å². The second kappa shape index (κ2) is 5.91. The van der Waals surface area contributed by atoms with E-state index >= 15 is 0 Å². The molecule has 1 aromatic heterocycles. The molecule has 0 bridgehead atoms. The lowest BCUT2D eigenvalue weighted by Crippen LogP contribution is -2.11. The van der Waals surface area contributed by atoms with Crippen molar-refractivity contribution < 1.29 is 4.74 Å². The van der Waals surface area contributed by atoms with Crippen LogP contribution in [0.25, 0.3) is 0 Å². The Balaban J connectivity index is 1.91. The lowest BCUT2D eigenvalue weighted by Gasteiger charge is -2.10. The van der Waals surface area contributed by atoms with Gasteiger partial charge in [-0.3, -0.25) is 0 Å². The van der Waals surface area contributed by atoms with Gasteiger partial charge in [0.05, 0.1) is 11.6 Å². The highest BCUT2D eigenvalue weighted by Gasteiger charge is 2.01. The molecule has 2 rings (SSSR count). The van der Waals surface area contributed by atoms with E-state index in [0.29, 0.717) is 0 Å². The average molecular weight is 310 g/mol. The standard InChI is InChI=1S/C13H16BrN3O/c1-10-15-5-7-17(10)8-6-16-11-3-4-13(18-2)12(14)9-11/h3-5,7,9,16H,6,8H2,1-2H3. The number of halogens is 1. The lowest BCUT2D eigenvalue weighted by atomic mass is 10.3. The molecule has 2 aromatic rings. The van der Waals surface area contributed by atoms with E-state index in [1.165, 1.54) is 0 Å². The molecule has 0 fully saturated rings. The number of ether oxygens (including phenoxy) is 1. The molecule has 1 N–H and O–H groups in total. The van der Waals surface area contributed by atoms with Crippen LogP contribution in [0.2, 0.25) is 0 Å². The van der Waals surface area contributed by atoms with Crippen molar-refractivity contribution in [3.63, 3.8) is 0 Å². The molecule has 0 atom stereocenters.